The molecule has 1 aliphatic heterocycles. The van der Waals surface area contributed by atoms with E-state index >= 15 is 0 Å². The van der Waals surface area contributed by atoms with Gasteiger partial charge < -0.3 is 4.74 Å². The van der Waals surface area contributed by atoms with Crippen molar-refractivity contribution in [2.45, 2.75) is 12.5 Å². The number of ether oxygens (including phenoxy) is 1. The molecule has 0 aromatic heterocycles. The van der Waals surface area contributed by atoms with Gasteiger partial charge in [-0.05, 0) is 58.8 Å². The third-order valence-corrected chi connectivity index (χ3v) is 4.10. The summed E-state index contributed by atoms with van der Waals surface area (Å²) in [5, 5.41) is 0. The Morgan fingerprint density at radius 2 is 1.80 bits per heavy atom. The van der Waals surface area contributed by atoms with Crippen molar-refractivity contribution in [1.29, 1.82) is 0 Å². The van der Waals surface area contributed by atoms with Crippen molar-refractivity contribution in [2.75, 3.05) is 11.5 Å². The number of cyclic esters (lactones) is 1. The second kappa shape index (κ2) is 5.83. The summed E-state index contributed by atoms with van der Waals surface area (Å²) in [5.41, 5.74) is 2.11. The maximum Gasteiger partial charge on any atom is 0.414 e. The predicted octanol–water partition coefficient (Wildman–Crippen LogP) is 3.86. The molecule has 4 heteroatoms. The maximum atomic E-state index is 12.0. The van der Waals surface area contributed by atoms with Gasteiger partial charge in [-0.25, -0.2) is 4.79 Å². The average Bonchev–Trinajstić information content (AvgIpc) is 2.82. The molecule has 2 aromatic carbocycles. The summed E-state index contributed by atoms with van der Waals surface area (Å²) in [4.78, 5) is 13.7. The second-order valence-electron chi connectivity index (χ2n) is 4.77. The molecule has 0 N–H and O–H groups in total. The number of rotatable bonds is 3. The van der Waals surface area contributed by atoms with Crippen molar-refractivity contribution in [2.24, 2.45) is 0 Å². The van der Waals surface area contributed by atoms with Gasteiger partial charge in [0.2, 0.25) is 0 Å². The van der Waals surface area contributed by atoms with Gasteiger partial charge in [-0.1, -0.05) is 30.3 Å². The Hall–Kier alpha value is -1.56. The van der Waals surface area contributed by atoms with Crippen molar-refractivity contribution in [3.8, 4) is 0 Å². The summed E-state index contributed by atoms with van der Waals surface area (Å²) in [6.07, 6.45) is 0.547. The maximum absolute atomic E-state index is 12.0. The summed E-state index contributed by atoms with van der Waals surface area (Å²) >= 11 is 2.25. The molecule has 102 valence electrons. The van der Waals surface area contributed by atoms with Gasteiger partial charge in [0.25, 0.3) is 0 Å². The van der Waals surface area contributed by atoms with Crippen LogP contribution < -0.4 is 4.90 Å². The largest absolute Gasteiger partial charge is 0.447 e. The lowest BCUT2D eigenvalue weighted by molar-refractivity contribution is 0.178. The molecule has 0 aliphatic carbocycles. The van der Waals surface area contributed by atoms with Crippen molar-refractivity contribution in [1.82, 2.24) is 0 Å². The lowest BCUT2D eigenvalue weighted by Gasteiger charge is -2.21. The second-order valence-corrected chi connectivity index (χ2v) is 6.01. The quantitative estimate of drug-likeness (QED) is 0.759. The lowest BCUT2D eigenvalue weighted by atomic mass is 10.1. The number of halogens is 1. The summed E-state index contributed by atoms with van der Waals surface area (Å²) in [6.45, 7) is 0.444. The molecular formula is C16H14INO2. The standard InChI is InChI=1S/C16H14INO2/c17-13-6-8-14(9-7-13)18-15(11-20-16(18)19)10-12-4-2-1-3-5-12/h1-9,15H,10-11H2. The minimum absolute atomic E-state index is 0.0601. The number of anilines is 1. The van der Waals surface area contributed by atoms with Crippen LogP contribution in [0.4, 0.5) is 10.5 Å². The summed E-state index contributed by atoms with van der Waals surface area (Å²) in [5.74, 6) is 0. The Labute approximate surface area is 131 Å². The molecular weight excluding hydrogens is 365 g/mol. The number of benzene rings is 2. The van der Waals surface area contributed by atoms with E-state index < -0.39 is 0 Å². The first kappa shape index (κ1) is 13.4. The zero-order valence-electron chi connectivity index (χ0n) is 10.8. The third kappa shape index (κ3) is 2.80. The lowest BCUT2D eigenvalue weighted by Crippen LogP contribution is -2.35. The van der Waals surface area contributed by atoms with Gasteiger partial charge in [0.15, 0.2) is 0 Å². The van der Waals surface area contributed by atoms with Crippen LogP contribution in [0.15, 0.2) is 54.6 Å². The van der Waals surface area contributed by atoms with Gasteiger partial charge in [-0.15, -0.1) is 0 Å². The number of carbonyl (C=O) groups excluding carboxylic acids is 1. The zero-order chi connectivity index (χ0) is 13.9. The van der Waals surface area contributed by atoms with E-state index in [9.17, 15) is 4.79 Å². The van der Waals surface area contributed by atoms with E-state index in [4.69, 9.17) is 4.74 Å². The molecule has 1 saturated heterocycles. The number of hydrogen-bond acceptors (Lipinski definition) is 2. The van der Waals surface area contributed by atoms with Gasteiger partial charge in [0.1, 0.15) is 6.61 Å². The van der Waals surface area contributed by atoms with Crippen LogP contribution in [0.25, 0.3) is 0 Å². The Morgan fingerprint density at radius 3 is 2.50 bits per heavy atom. The van der Waals surface area contributed by atoms with E-state index in [2.05, 4.69) is 34.7 Å². The molecule has 1 amide bonds. The molecule has 1 atom stereocenters. The molecule has 20 heavy (non-hydrogen) atoms. The van der Waals surface area contributed by atoms with E-state index in [-0.39, 0.29) is 12.1 Å². The van der Waals surface area contributed by atoms with Gasteiger partial charge in [0, 0.05) is 9.26 Å². The molecule has 3 nitrogen and oxygen atoms in total. The first-order valence-corrected chi connectivity index (χ1v) is 7.57. The normalized spacial score (nSPS) is 18.1. The van der Waals surface area contributed by atoms with Gasteiger partial charge in [0.05, 0.1) is 6.04 Å². The molecule has 2 aromatic rings. The third-order valence-electron chi connectivity index (χ3n) is 3.38. The van der Waals surface area contributed by atoms with E-state index in [1.165, 1.54) is 5.56 Å². The minimum Gasteiger partial charge on any atom is -0.447 e. The summed E-state index contributed by atoms with van der Waals surface area (Å²) in [7, 11) is 0. The molecule has 1 aliphatic rings. The monoisotopic (exact) mass is 379 g/mol. The Morgan fingerprint density at radius 1 is 1.10 bits per heavy atom. The predicted molar refractivity (Wildman–Crippen MR) is 86.9 cm³/mol. The number of carbonyl (C=O) groups is 1. The Balaban J connectivity index is 1.83. The highest BCUT2D eigenvalue weighted by Gasteiger charge is 2.34. The van der Waals surface area contributed by atoms with E-state index in [0.29, 0.717) is 6.61 Å². The van der Waals surface area contributed by atoms with Crippen LogP contribution in [0.2, 0.25) is 0 Å². The fraction of sp³-hybridized carbons (Fsp3) is 0.188. The fourth-order valence-electron chi connectivity index (χ4n) is 2.41. The number of nitrogens with zero attached hydrogens (tertiary/aromatic N) is 1. The van der Waals surface area contributed by atoms with E-state index in [1.54, 1.807) is 4.90 Å². The van der Waals surface area contributed by atoms with Crippen LogP contribution in [-0.2, 0) is 11.2 Å². The van der Waals surface area contributed by atoms with Crippen molar-refractivity contribution < 1.29 is 9.53 Å². The molecule has 0 saturated carbocycles. The van der Waals surface area contributed by atoms with Gasteiger partial charge in [-0.2, -0.15) is 0 Å². The van der Waals surface area contributed by atoms with Crippen LogP contribution in [-0.4, -0.2) is 18.7 Å². The average molecular weight is 379 g/mol. The highest BCUT2D eigenvalue weighted by molar-refractivity contribution is 14.1. The van der Waals surface area contributed by atoms with Crippen molar-refractivity contribution >= 4 is 34.4 Å². The van der Waals surface area contributed by atoms with Gasteiger partial charge in [-0.3, -0.25) is 4.90 Å². The smallest absolute Gasteiger partial charge is 0.414 e. The number of amides is 1. The molecule has 1 fully saturated rings. The molecule has 0 bridgehead atoms. The van der Waals surface area contributed by atoms with Crippen LogP contribution in [0.3, 0.4) is 0 Å². The Bertz CT molecular complexity index is 598. The Kier molecular flexibility index (Phi) is 3.91. The topological polar surface area (TPSA) is 29.5 Å². The summed E-state index contributed by atoms with van der Waals surface area (Å²) < 4.78 is 6.37. The minimum atomic E-state index is -0.257. The highest BCUT2D eigenvalue weighted by atomic mass is 127. The molecule has 0 spiro atoms. The van der Waals surface area contributed by atoms with Gasteiger partial charge >= 0.3 is 6.09 Å². The van der Waals surface area contributed by atoms with Crippen LogP contribution in [0, 0.1) is 3.57 Å². The molecule has 0 radical (unpaired) electrons. The zero-order valence-corrected chi connectivity index (χ0v) is 13.0. The first-order chi connectivity index (χ1) is 9.74. The SMILES string of the molecule is O=C1OCC(Cc2ccccc2)N1c1ccc(I)cc1. The number of hydrogen-bond donors (Lipinski definition) is 0. The molecule has 1 heterocycles. The van der Waals surface area contributed by atoms with E-state index in [0.717, 1.165) is 15.7 Å². The fourth-order valence-corrected chi connectivity index (χ4v) is 2.77. The van der Waals surface area contributed by atoms with Crippen LogP contribution in [0.1, 0.15) is 5.56 Å². The highest BCUT2D eigenvalue weighted by Crippen LogP contribution is 2.25. The van der Waals surface area contributed by atoms with Crippen LogP contribution >= 0.6 is 22.6 Å². The molecule has 3 rings (SSSR count). The van der Waals surface area contributed by atoms with Crippen molar-refractivity contribution in [3.05, 3.63) is 63.7 Å². The first-order valence-electron chi connectivity index (χ1n) is 6.49. The van der Waals surface area contributed by atoms with Crippen molar-refractivity contribution in [3.63, 3.8) is 0 Å². The van der Waals surface area contributed by atoms with E-state index in [1.807, 2.05) is 42.5 Å². The van der Waals surface area contributed by atoms with Crippen LogP contribution in [0.5, 0.6) is 0 Å². The summed E-state index contributed by atoms with van der Waals surface area (Å²) in [6, 6.07) is 18.2. The molecule has 1 unspecified atom stereocenters.